The summed E-state index contributed by atoms with van der Waals surface area (Å²) in [6.45, 7) is 13.5. The predicted molar refractivity (Wildman–Crippen MR) is 204 cm³/mol. The van der Waals surface area contributed by atoms with Gasteiger partial charge in [0.2, 0.25) is 10.0 Å². The van der Waals surface area contributed by atoms with Gasteiger partial charge in [0.1, 0.15) is 12.1 Å². The molecule has 15 heteroatoms. The Morgan fingerprint density at radius 1 is 0.870 bits per heavy atom. The Balaban J connectivity index is 0.000000432. The second-order valence-corrected chi connectivity index (χ2v) is 19.1. The fourth-order valence-corrected chi connectivity index (χ4v) is 10.9. The van der Waals surface area contributed by atoms with E-state index >= 15 is 0 Å². The third-order valence-corrected chi connectivity index (χ3v) is 15.1. The zero-order valence-corrected chi connectivity index (χ0v) is 33.3. The molecule has 54 heavy (non-hydrogen) atoms. The highest BCUT2D eigenvalue weighted by molar-refractivity contribution is 7.90. The van der Waals surface area contributed by atoms with Gasteiger partial charge in [-0.3, -0.25) is 19.1 Å². The van der Waals surface area contributed by atoms with Crippen LogP contribution in [-0.2, 0) is 20.1 Å². The minimum absolute atomic E-state index is 0.00866. The van der Waals surface area contributed by atoms with Gasteiger partial charge in [-0.25, -0.2) is 27.1 Å². The van der Waals surface area contributed by atoms with Crippen LogP contribution in [0.4, 0.5) is 4.39 Å². The lowest BCUT2D eigenvalue weighted by Crippen LogP contribution is -2.63. The molecular formula is C39H53FN6O6S2. The molecule has 1 N–H and O–H groups in total. The predicted octanol–water partition coefficient (Wildman–Crippen LogP) is 5.11. The molecule has 1 aliphatic carbocycles. The highest BCUT2D eigenvalue weighted by Gasteiger charge is 2.45. The first-order valence-corrected chi connectivity index (χ1v) is 21.9. The Bertz CT molecular complexity index is 1980. The SMILES string of the molecule is Cc1ncnc(C)c1C(=O)N1CCC(C)(N2CCN([C@H](c3cccc(F)c3)C3CCN(S(=O)(=O)C4CC4)CC3)[C@H](C)C2)CC1.O=S(=O)(O)c1ccccc1. The van der Waals surface area contributed by atoms with E-state index in [1.165, 1.54) is 24.5 Å². The Hall–Kier alpha value is -3.34. The summed E-state index contributed by atoms with van der Waals surface area (Å²) < 4.78 is 71.3. The second-order valence-electron chi connectivity index (χ2n) is 15.5. The van der Waals surface area contributed by atoms with E-state index in [4.69, 9.17) is 4.55 Å². The van der Waals surface area contributed by atoms with Crippen LogP contribution in [0.5, 0.6) is 0 Å². The van der Waals surface area contributed by atoms with E-state index in [0.717, 1.165) is 75.1 Å². The fourth-order valence-electron chi connectivity index (χ4n) is 8.48. The summed E-state index contributed by atoms with van der Waals surface area (Å²) in [6.07, 6.45) is 6.45. The van der Waals surface area contributed by atoms with Crippen LogP contribution in [0.1, 0.15) is 85.7 Å². The van der Waals surface area contributed by atoms with Gasteiger partial charge < -0.3 is 4.90 Å². The van der Waals surface area contributed by atoms with Gasteiger partial charge in [-0.15, -0.1) is 0 Å². The molecule has 12 nitrogen and oxygen atoms in total. The fraction of sp³-hybridized carbons (Fsp3) is 0.564. The number of amides is 1. The van der Waals surface area contributed by atoms with Crippen LogP contribution in [0.2, 0.25) is 0 Å². The van der Waals surface area contributed by atoms with Gasteiger partial charge in [-0.2, -0.15) is 8.42 Å². The number of carbonyl (C=O) groups is 1. The summed E-state index contributed by atoms with van der Waals surface area (Å²) >= 11 is 0. The second kappa shape index (κ2) is 16.4. The number of nitrogens with zero attached hydrogens (tertiary/aromatic N) is 6. The molecule has 0 bridgehead atoms. The number of hydrogen-bond acceptors (Lipinski definition) is 9. The molecule has 2 aromatic carbocycles. The number of hydrogen-bond donors (Lipinski definition) is 1. The number of aryl methyl sites for hydroxylation is 2. The maximum Gasteiger partial charge on any atom is 0.294 e. The molecular weight excluding hydrogens is 732 g/mol. The summed E-state index contributed by atoms with van der Waals surface area (Å²) in [7, 11) is -7.18. The monoisotopic (exact) mass is 784 g/mol. The van der Waals surface area contributed by atoms with Crippen molar-refractivity contribution in [3.63, 3.8) is 0 Å². The molecule has 4 heterocycles. The van der Waals surface area contributed by atoms with E-state index in [1.54, 1.807) is 34.6 Å². The van der Waals surface area contributed by atoms with E-state index < -0.39 is 20.1 Å². The zero-order chi connectivity index (χ0) is 38.8. The van der Waals surface area contributed by atoms with Crippen LogP contribution in [0.3, 0.4) is 0 Å². The van der Waals surface area contributed by atoms with Gasteiger partial charge in [0.05, 0.1) is 27.1 Å². The molecule has 3 aromatic rings. The van der Waals surface area contributed by atoms with Gasteiger partial charge in [0.15, 0.2) is 0 Å². The van der Waals surface area contributed by atoms with Crippen LogP contribution in [0.25, 0.3) is 0 Å². The maximum atomic E-state index is 14.5. The summed E-state index contributed by atoms with van der Waals surface area (Å²) in [5.41, 5.74) is 3.05. The minimum atomic E-state index is -4.00. The quantitative estimate of drug-likeness (QED) is 0.306. The number of aromatic nitrogens is 2. The van der Waals surface area contributed by atoms with Gasteiger partial charge in [-0.05, 0) is 102 Å². The molecule has 3 aliphatic heterocycles. The minimum Gasteiger partial charge on any atom is -0.338 e. The van der Waals surface area contributed by atoms with Gasteiger partial charge >= 0.3 is 0 Å². The van der Waals surface area contributed by atoms with Gasteiger partial charge in [0, 0.05) is 63.4 Å². The molecule has 1 amide bonds. The molecule has 1 saturated carbocycles. The first kappa shape index (κ1) is 40.3. The van der Waals surface area contributed by atoms with Gasteiger partial charge in [0.25, 0.3) is 16.0 Å². The lowest BCUT2D eigenvalue weighted by atomic mass is 9.82. The van der Waals surface area contributed by atoms with E-state index in [9.17, 15) is 26.0 Å². The van der Waals surface area contributed by atoms with E-state index in [1.807, 2.05) is 24.8 Å². The highest BCUT2D eigenvalue weighted by atomic mass is 32.2. The third-order valence-electron chi connectivity index (χ3n) is 11.8. The molecule has 0 unspecified atom stereocenters. The third kappa shape index (κ3) is 9.03. The molecule has 7 rings (SSSR count). The first-order valence-electron chi connectivity index (χ1n) is 18.9. The number of rotatable bonds is 8. The average molecular weight is 785 g/mol. The molecule has 1 aromatic heterocycles. The van der Waals surface area contributed by atoms with Crippen molar-refractivity contribution in [2.45, 2.75) is 94.0 Å². The zero-order valence-electron chi connectivity index (χ0n) is 31.6. The highest BCUT2D eigenvalue weighted by Crippen LogP contribution is 2.41. The van der Waals surface area contributed by atoms with Crippen LogP contribution >= 0.6 is 0 Å². The standard InChI is InChI=1S/C33H47FN6O3S.C6H6O3S/c1-23-21-38(33(4)12-16-37(17-13-33)32(41)30-24(2)35-22-36-25(30)3)18-19-40(23)31(27-6-5-7-28(34)20-27)26-10-14-39(15-11-26)44(42,43)29-8-9-29;7-10(8,9)6-4-2-1-3-5-6/h5-7,20,22-23,26,29,31H,8-19,21H2,1-4H3;1-5H,(H,7,8,9)/t23-,31+;/m1./s1. The average Bonchev–Trinajstić information content (AvgIpc) is 4.00. The van der Waals surface area contributed by atoms with Crippen molar-refractivity contribution in [3.8, 4) is 0 Å². The van der Waals surface area contributed by atoms with Crippen molar-refractivity contribution in [2.75, 3.05) is 45.8 Å². The van der Waals surface area contributed by atoms with Crippen LogP contribution in [0.15, 0.2) is 65.8 Å². The Labute approximate surface area is 319 Å². The first-order chi connectivity index (χ1) is 25.6. The van der Waals surface area contributed by atoms with Crippen molar-refractivity contribution in [1.29, 1.82) is 0 Å². The van der Waals surface area contributed by atoms with Crippen molar-refractivity contribution >= 4 is 26.0 Å². The van der Waals surface area contributed by atoms with Crippen molar-refractivity contribution in [2.24, 2.45) is 5.92 Å². The number of benzene rings is 2. The molecule has 294 valence electrons. The number of piperazine rings is 1. The summed E-state index contributed by atoms with van der Waals surface area (Å²) in [6, 6.07) is 14.7. The summed E-state index contributed by atoms with van der Waals surface area (Å²) in [4.78, 5) is 28.9. The molecule has 0 spiro atoms. The van der Waals surface area contributed by atoms with Gasteiger partial charge in [-0.1, -0.05) is 30.3 Å². The van der Waals surface area contributed by atoms with Crippen molar-refractivity contribution < 1.29 is 30.6 Å². The molecule has 4 fully saturated rings. The molecule has 3 saturated heterocycles. The number of sulfonamides is 1. The number of piperidine rings is 2. The molecule has 2 atom stereocenters. The lowest BCUT2D eigenvalue weighted by Gasteiger charge is -2.54. The smallest absolute Gasteiger partial charge is 0.294 e. The Kier molecular flexibility index (Phi) is 12.3. The topological polar surface area (TPSA) is 144 Å². The summed E-state index contributed by atoms with van der Waals surface area (Å²) in [5, 5.41) is -0.182. The van der Waals surface area contributed by atoms with Crippen LogP contribution in [0, 0.1) is 25.6 Å². The summed E-state index contributed by atoms with van der Waals surface area (Å²) in [5.74, 6) is 0.0544. The van der Waals surface area contributed by atoms with Crippen molar-refractivity contribution in [1.82, 2.24) is 29.0 Å². The maximum absolute atomic E-state index is 14.5. The lowest BCUT2D eigenvalue weighted by molar-refractivity contribution is -0.0422. The Morgan fingerprint density at radius 2 is 1.50 bits per heavy atom. The molecule has 4 aliphatic rings. The van der Waals surface area contributed by atoms with E-state index in [-0.39, 0.29) is 45.4 Å². The Morgan fingerprint density at radius 3 is 2.04 bits per heavy atom. The number of carbonyl (C=O) groups excluding carboxylic acids is 1. The van der Waals surface area contributed by atoms with Crippen LogP contribution < -0.4 is 0 Å². The normalized spacial score (nSPS) is 22.6. The number of halogens is 1. The number of likely N-dealkylation sites (tertiary alicyclic amines) is 1. The van der Waals surface area contributed by atoms with E-state index in [2.05, 4.69) is 33.6 Å². The van der Waals surface area contributed by atoms with E-state index in [0.29, 0.717) is 31.7 Å². The van der Waals surface area contributed by atoms with Crippen LogP contribution in [-0.4, -0.2) is 119 Å². The van der Waals surface area contributed by atoms with Crippen molar-refractivity contribution in [3.05, 3.63) is 89.3 Å². The largest absolute Gasteiger partial charge is 0.338 e. The molecule has 0 radical (unpaired) electrons.